The molecule has 22 heavy (non-hydrogen) atoms. The van der Waals surface area contributed by atoms with Gasteiger partial charge in [0.1, 0.15) is 17.0 Å². The summed E-state index contributed by atoms with van der Waals surface area (Å²) in [4.78, 5) is 13.1. The Morgan fingerprint density at radius 3 is 2.73 bits per heavy atom. The van der Waals surface area contributed by atoms with Gasteiger partial charge in [0.05, 0.1) is 11.5 Å². The predicted octanol–water partition coefficient (Wildman–Crippen LogP) is 2.52. The standard InChI is InChI=1S/C16H22N2O4/c1-15(2)8-11-6-13(18(20)21)12(7-14(11)22-15)17-5-4-16(3,9-17)10-19/h6-7,19H,4-5,8-10H2,1-3H3. The summed E-state index contributed by atoms with van der Waals surface area (Å²) in [6.45, 7) is 7.39. The third-order valence-electron chi connectivity index (χ3n) is 4.64. The van der Waals surface area contributed by atoms with E-state index in [4.69, 9.17) is 4.74 Å². The van der Waals surface area contributed by atoms with Crippen molar-refractivity contribution >= 4 is 11.4 Å². The molecule has 3 rings (SSSR count). The van der Waals surface area contributed by atoms with E-state index in [1.165, 1.54) is 0 Å². The van der Waals surface area contributed by atoms with Crippen LogP contribution in [0.1, 0.15) is 32.8 Å². The summed E-state index contributed by atoms with van der Waals surface area (Å²) in [7, 11) is 0. The number of hydrogen-bond acceptors (Lipinski definition) is 5. The van der Waals surface area contributed by atoms with Crippen molar-refractivity contribution < 1.29 is 14.8 Å². The molecule has 0 aliphatic carbocycles. The van der Waals surface area contributed by atoms with Gasteiger partial charge in [0.15, 0.2) is 0 Å². The fourth-order valence-corrected chi connectivity index (χ4v) is 3.38. The van der Waals surface area contributed by atoms with Crippen LogP contribution in [0.15, 0.2) is 12.1 Å². The third kappa shape index (κ3) is 2.52. The van der Waals surface area contributed by atoms with E-state index in [1.807, 2.05) is 25.7 Å². The fourth-order valence-electron chi connectivity index (χ4n) is 3.38. The molecule has 1 unspecified atom stereocenters. The SMILES string of the molecule is CC1(CO)CCN(c2cc3c(cc2[N+](=O)[O-])CC(C)(C)O3)C1. The van der Waals surface area contributed by atoms with Gasteiger partial charge in [0, 0.05) is 42.6 Å². The van der Waals surface area contributed by atoms with Gasteiger partial charge in [-0.15, -0.1) is 0 Å². The molecule has 120 valence electrons. The van der Waals surface area contributed by atoms with Gasteiger partial charge in [-0.1, -0.05) is 6.92 Å². The summed E-state index contributed by atoms with van der Waals surface area (Å²) in [5, 5.41) is 21.0. The van der Waals surface area contributed by atoms with Gasteiger partial charge in [-0.25, -0.2) is 0 Å². The van der Waals surface area contributed by atoms with E-state index in [0.29, 0.717) is 25.2 Å². The zero-order valence-electron chi connectivity index (χ0n) is 13.3. The zero-order chi connectivity index (χ0) is 16.1. The second-order valence-electron chi connectivity index (χ2n) is 7.38. The van der Waals surface area contributed by atoms with Crippen molar-refractivity contribution in [1.29, 1.82) is 0 Å². The van der Waals surface area contributed by atoms with Crippen LogP contribution in [-0.4, -0.2) is 35.3 Å². The average Bonchev–Trinajstić information content (AvgIpc) is 2.96. The first-order valence-electron chi connectivity index (χ1n) is 7.59. The maximum atomic E-state index is 11.5. The molecule has 6 heteroatoms. The van der Waals surface area contributed by atoms with Crippen molar-refractivity contribution in [2.75, 3.05) is 24.6 Å². The molecule has 1 fully saturated rings. The Bertz CT molecular complexity index is 629. The van der Waals surface area contributed by atoms with E-state index < -0.39 is 0 Å². The number of hydrogen-bond donors (Lipinski definition) is 1. The second-order valence-corrected chi connectivity index (χ2v) is 7.38. The molecule has 2 aliphatic heterocycles. The van der Waals surface area contributed by atoms with Gasteiger partial charge in [0.25, 0.3) is 5.69 Å². The maximum Gasteiger partial charge on any atom is 0.293 e. The quantitative estimate of drug-likeness (QED) is 0.686. The summed E-state index contributed by atoms with van der Waals surface area (Å²) in [5.74, 6) is 0.739. The lowest BCUT2D eigenvalue weighted by atomic mass is 9.91. The molecule has 0 aromatic heterocycles. The topological polar surface area (TPSA) is 75.8 Å². The van der Waals surface area contributed by atoms with Crippen molar-refractivity contribution in [3.8, 4) is 5.75 Å². The van der Waals surface area contributed by atoms with Crippen LogP contribution >= 0.6 is 0 Å². The highest BCUT2D eigenvalue weighted by Crippen LogP contribution is 2.44. The van der Waals surface area contributed by atoms with Gasteiger partial charge < -0.3 is 14.7 Å². The highest BCUT2D eigenvalue weighted by atomic mass is 16.6. The fraction of sp³-hybridized carbons (Fsp3) is 0.625. The van der Waals surface area contributed by atoms with E-state index in [2.05, 4.69) is 0 Å². The van der Waals surface area contributed by atoms with Crippen molar-refractivity contribution in [3.63, 3.8) is 0 Å². The molecule has 2 aliphatic rings. The van der Waals surface area contributed by atoms with Crippen LogP contribution in [-0.2, 0) is 6.42 Å². The molecule has 0 amide bonds. The lowest BCUT2D eigenvalue weighted by Crippen LogP contribution is -2.28. The highest BCUT2D eigenvalue weighted by molar-refractivity contribution is 5.69. The number of anilines is 1. The molecular formula is C16H22N2O4. The molecule has 0 spiro atoms. The smallest absolute Gasteiger partial charge is 0.293 e. The van der Waals surface area contributed by atoms with Crippen LogP contribution in [0.5, 0.6) is 5.75 Å². The molecule has 1 saturated heterocycles. The Kier molecular flexibility index (Phi) is 3.32. The Hall–Kier alpha value is -1.82. The summed E-state index contributed by atoms with van der Waals surface area (Å²) in [6, 6.07) is 3.44. The maximum absolute atomic E-state index is 11.5. The molecule has 1 aromatic carbocycles. The van der Waals surface area contributed by atoms with Crippen LogP contribution < -0.4 is 9.64 Å². The summed E-state index contributed by atoms with van der Waals surface area (Å²) < 4.78 is 5.91. The van der Waals surface area contributed by atoms with Gasteiger partial charge in [-0.3, -0.25) is 10.1 Å². The number of nitro groups is 1. The van der Waals surface area contributed by atoms with E-state index in [1.54, 1.807) is 12.1 Å². The third-order valence-corrected chi connectivity index (χ3v) is 4.64. The summed E-state index contributed by atoms with van der Waals surface area (Å²) >= 11 is 0. The minimum Gasteiger partial charge on any atom is -0.487 e. The van der Waals surface area contributed by atoms with Crippen molar-refractivity contribution in [2.45, 2.75) is 39.2 Å². The highest BCUT2D eigenvalue weighted by Gasteiger charge is 2.38. The molecule has 1 atom stereocenters. The van der Waals surface area contributed by atoms with Gasteiger partial charge in [-0.2, -0.15) is 0 Å². The molecule has 0 bridgehead atoms. The Morgan fingerprint density at radius 1 is 1.41 bits per heavy atom. The lowest BCUT2D eigenvalue weighted by Gasteiger charge is -2.23. The largest absolute Gasteiger partial charge is 0.487 e. The van der Waals surface area contributed by atoms with Crippen LogP contribution in [0.4, 0.5) is 11.4 Å². The first-order valence-corrected chi connectivity index (χ1v) is 7.59. The number of nitro benzene ring substituents is 1. The number of fused-ring (bicyclic) bond motifs is 1. The van der Waals surface area contributed by atoms with Gasteiger partial charge in [0.2, 0.25) is 0 Å². The number of ether oxygens (including phenoxy) is 1. The predicted molar refractivity (Wildman–Crippen MR) is 83.5 cm³/mol. The minimum atomic E-state index is -0.324. The number of rotatable bonds is 3. The second kappa shape index (κ2) is 4.84. The summed E-state index contributed by atoms with van der Waals surface area (Å²) in [6.07, 6.45) is 1.50. The average molecular weight is 306 g/mol. The normalized spacial score (nSPS) is 25.9. The van der Waals surface area contributed by atoms with Gasteiger partial charge in [-0.05, 0) is 20.3 Å². The molecule has 6 nitrogen and oxygen atoms in total. The van der Waals surface area contributed by atoms with E-state index in [0.717, 1.165) is 17.7 Å². The number of aliphatic hydroxyl groups excluding tert-OH is 1. The number of nitrogens with zero attached hydrogens (tertiary/aromatic N) is 2. The van der Waals surface area contributed by atoms with E-state index >= 15 is 0 Å². The number of aliphatic hydroxyl groups is 1. The first-order chi connectivity index (χ1) is 10.2. The molecular weight excluding hydrogens is 284 g/mol. The van der Waals surface area contributed by atoms with Crippen LogP contribution in [0, 0.1) is 15.5 Å². The van der Waals surface area contributed by atoms with Crippen LogP contribution in [0.2, 0.25) is 0 Å². The summed E-state index contributed by atoms with van der Waals surface area (Å²) in [5.41, 5.74) is 1.09. The van der Waals surface area contributed by atoms with E-state index in [9.17, 15) is 15.2 Å². The minimum absolute atomic E-state index is 0.0891. The van der Waals surface area contributed by atoms with E-state index in [-0.39, 0.29) is 28.2 Å². The van der Waals surface area contributed by atoms with Crippen LogP contribution in [0.25, 0.3) is 0 Å². The monoisotopic (exact) mass is 306 g/mol. The Balaban J connectivity index is 2.00. The molecule has 0 saturated carbocycles. The molecule has 0 radical (unpaired) electrons. The Labute approximate surface area is 129 Å². The van der Waals surface area contributed by atoms with Crippen molar-refractivity contribution in [3.05, 3.63) is 27.8 Å². The number of benzene rings is 1. The first kappa shape index (κ1) is 15.1. The molecule has 1 aromatic rings. The lowest BCUT2D eigenvalue weighted by molar-refractivity contribution is -0.384. The van der Waals surface area contributed by atoms with Gasteiger partial charge >= 0.3 is 0 Å². The van der Waals surface area contributed by atoms with Crippen molar-refractivity contribution in [2.24, 2.45) is 5.41 Å². The Morgan fingerprint density at radius 2 is 2.14 bits per heavy atom. The zero-order valence-corrected chi connectivity index (χ0v) is 13.3. The molecule has 1 N–H and O–H groups in total. The van der Waals surface area contributed by atoms with Crippen LogP contribution in [0.3, 0.4) is 0 Å². The van der Waals surface area contributed by atoms with Crippen molar-refractivity contribution in [1.82, 2.24) is 0 Å². The molecule has 2 heterocycles.